The first-order chi connectivity index (χ1) is 13.5. The number of carbonyl (C=O) groups is 2. The van der Waals surface area contributed by atoms with Gasteiger partial charge in [-0.3, -0.25) is 4.79 Å². The van der Waals surface area contributed by atoms with E-state index in [0.717, 1.165) is 11.3 Å². The Hall–Kier alpha value is -3.45. The molecule has 1 heterocycles. The van der Waals surface area contributed by atoms with Gasteiger partial charge in [0.2, 0.25) is 0 Å². The van der Waals surface area contributed by atoms with E-state index in [1.165, 1.54) is 7.11 Å². The van der Waals surface area contributed by atoms with Crippen LogP contribution in [0.3, 0.4) is 0 Å². The number of halogens is 1. The van der Waals surface area contributed by atoms with Gasteiger partial charge in [-0.05, 0) is 61.0 Å². The molecule has 3 aromatic rings. The van der Waals surface area contributed by atoms with Crippen molar-refractivity contribution in [2.45, 2.75) is 6.92 Å². The molecule has 8 heteroatoms. The number of ether oxygens (including phenoxy) is 1. The summed E-state index contributed by atoms with van der Waals surface area (Å²) in [6.45, 7) is 1.89. The number of hydrogen-bond acceptors (Lipinski definition) is 6. The Balaban J connectivity index is 1.66. The van der Waals surface area contributed by atoms with E-state index in [0.29, 0.717) is 22.1 Å². The fraction of sp³-hybridized carbons (Fsp3) is 0.100. The topological polar surface area (TPSA) is 93.2 Å². The summed E-state index contributed by atoms with van der Waals surface area (Å²) >= 11 is 6.10. The maximum atomic E-state index is 12.3. The van der Waals surface area contributed by atoms with Gasteiger partial charge in [0.05, 0.1) is 12.7 Å². The van der Waals surface area contributed by atoms with Crippen molar-refractivity contribution >= 4 is 40.7 Å². The smallest absolute Gasteiger partial charge is 0.337 e. The van der Waals surface area contributed by atoms with Crippen molar-refractivity contribution in [3.63, 3.8) is 0 Å². The minimum Gasteiger partial charge on any atom is -0.465 e. The highest BCUT2D eigenvalue weighted by molar-refractivity contribution is 6.31. The molecule has 28 heavy (non-hydrogen) atoms. The van der Waals surface area contributed by atoms with Gasteiger partial charge in [-0.15, -0.1) is 10.2 Å². The van der Waals surface area contributed by atoms with E-state index in [9.17, 15) is 9.59 Å². The van der Waals surface area contributed by atoms with Crippen LogP contribution < -0.4 is 10.6 Å². The van der Waals surface area contributed by atoms with Gasteiger partial charge in [-0.25, -0.2) is 4.79 Å². The zero-order chi connectivity index (χ0) is 20.1. The summed E-state index contributed by atoms with van der Waals surface area (Å²) in [6.07, 6.45) is 0. The molecule has 0 fully saturated rings. The largest absolute Gasteiger partial charge is 0.465 e. The molecule has 0 saturated heterocycles. The van der Waals surface area contributed by atoms with Crippen LogP contribution in [0.1, 0.15) is 26.4 Å². The molecule has 0 spiro atoms. The predicted octanol–water partition coefficient (Wildman–Crippen LogP) is 4.22. The van der Waals surface area contributed by atoms with Crippen LogP contribution in [-0.4, -0.2) is 29.2 Å². The van der Waals surface area contributed by atoms with Crippen molar-refractivity contribution in [2.75, 3.05) is 17.7 Å². The van der Waals surface area contributed by atoms with Crippen LogP contribution in [0.25, 0.3) is 0 Å². The number of nitrogens with zero attached hydrogens (tertiary/aromatic N) is 2. The van der Waals surface area contributed by atoms with Crippen molar-refractivity contribution in [2.24, 2.45) is 0 Å². The molecule has 0 atom stereocenters. The average Bonchev–Trinajstić information content (AvgIpc) is 2.72. The van der Waals surface area contributed by atoms with Crippen LogP contribution in [0.2, 0.25) is 5.02 Å². The van der Waals surface area contributed by atoms with Gasteiger partial charge in [-0.2, -0.15) is 0 Å². The number of nitrogens with one attached hydrogen (secondary N) is 2. The van der Waals surface area contributed by atoms with Crippen molar-refractivity contribution in [3.05, 3.63) is 76.4 Å². The zero-order valence-corrected chi connectivity index (χ0v) is 15.9. The van der Waals surface area contributed by atoms with Crippen LogP contribution in [0.5, 0.6) is 0 Å². The number of benzene rings is 2. The minimum absolute atomic E-state index is 0.158. The lowest BCUT2D eigenvalue weighted by molar-refractivity contribution is 0.0600. The molecular formula is C20H17ClN4O3. The normalized spacial score (nSPS) is 10.2. The molecule has 0 aliphatic rings. The van der Waals surface area contributed by atoms with Crippen LogP contribution in [0.4, 0.5) is 17.2 Å². The SMILES string of the molecule is COC(=O)c1ccc(NC(=O)c2ccc(Nc3cccc(Cl)c3C)nn2)cc1. The van der Waals surface area contributed by atoms with E-state index in [-0.39, 0.29) is 5.69 Å². The summed E-state index contributed by atoms with van der Waals surface area (Å²) in [5.41, 5.74) is 2.78. The van der Waals surface area contributed by atoms with Gasteiger partial charge in [0.1, 0.15) is 0 Å². The summed E-state index contributed by atoms with van der Waals surface area (Å²) in [5, 5.41) is 14.4. The quantitative estimate of drug-likeness (QED) is 0.627. The van der Waals surface area contributed by atoms with Crippen LogP contribution in [0, 0.1) is 6.92 Å². The lowest BCUT2D eigenvalue weighted by Crippen LogP contribution is -2.14. The number of aromatic nitrogens is 2. The summed E-state index contributed by atoms with van der Waals surface area (Å²) in [5.74, 6) is -0.366. The first kappa shape index (κ1) is 19.3. The highest BCUT2D eigenvalue weighted by Gasteiger charge is 2.11. The van der Waals surface area contributed by atoms with E-state index < -0.39 is 11.9 Å². The van der Waals surface area contributed by atoms with E-state index in [4.69, 9.17) is 11.6 Å². The fourth-order valence-electron chi connectivity index (χ4n) is 2.40. The first-order valence-corrected chi connectivity index (χ1v) is 8.71. The van der Waals surface area contributed by atoms with Crippen LogP contribution >= 0.6 is 11.6 Å². The zero-order valence-electron chi connectivity index (χ0n) is 15.2. The monoisotopic (exact) mass is 396 g/mol. The fourth-order valence-corrected chi connectivity index (χ4v) is 2.58. The number of esters is 1. The van der Waals surface area contributed by atoms with Gasteiger partial charge in [0.15, 0.2) is 11.5 Å². The second-order valence-corrected chi connectivity index (χ2v) is 6.27. The Morgan fingerprint density at radius 3 is 2.39 bits per heavy atom. The maximum Gasteiger partial charge on any atom is 0.337 e. The average molecular weight is 397 g/mol. The molecule has 2 aromatic carbocycles. The lowest BCUT2D eigenvalue weighted by atomic mass is 10.2. The van der Waals surface area contributed by atoms with Crippen molar-refractivity contribution < 1.29 is 14.3 Å². The number of hydrogen-bond donors (Lipinski definition) is 2. The number of rotatable bonds is 5. The standard InChI is InChI=1S/C20H17ClN4O3/c1-12-15(21)4-3-5-16(12)23-18-11-10-17(24-25-18)19(26)22-14-8-6-13(7-9-14)20(27)28-2/h3-11H,1-2H3,(H,22,26)(H,23,25). The van der Waals surface area contributed by atoms with Gasteiger partial charge < -0.3 is 15.4 Å². The Bertz CT molecular complexity index is 1000. The molecule has 3 rings (SSSR count). The summed E-state index contributed by atoms with van der Waals surface area (Å²) < 4.78 is 4.64. The summed E-state index contributed by atoms with van der Waals surface area (Å²) in [6, 6.07) is 15.1. The van der Waals surface area contributed by atoms with E-state index >= 15 is 0 Å². The third kappa shape index (κ3) is 4.44. The molecule has 142 valence electrons. The molecule has 1 amide bonds. The summed E-state index contributed by atoms with van der Waals surface area (Å²) in [4.78, 5) is 23.7. The molecule has 2 N–H and O–H groups in total. The minimum atomic E-state index is -0.443. The Morgan fingerprint density at radius 1 is 1.00 bits per heavy atom. The molecule has 7 nitrogen and oxygen atoms in total. The van der Waals surface area contributed by atoms with E-state index in [2.05, 4.69) is 25.6 Å². The van der Waals surface area contributed by atoms with Crippen LogP contribution in [0.15, 0.2) is 54.6 Å². The molecular weight excluding hydrogens is 380 g/mol. The van der Waals surface area contributed by atoms with Crippen LogP contribution in [-0.2, 0) is 4.74 Å². The Morgan fingerprint density at radius 2 is 1.75 bits per heavy atom. The molecule has 0 saturated carbocycles. The Kier molecular flexibility index (Phi) is 5.86. The lowest BCUT2D eigenvalue weighted by Gasteiger charge is -2.10. The third-order valence-electron chi connectivity index (χ3n) is 3.99. The van der Waals surface area contributed by atoms with Crippen molar-refractivity contribution in [3.8, 4) is 0 Å². The van der Waals surface area contributed by atoms with Gasteiger partial charge >= 0.3 is 5.97 Å². The third-order valence-corrected chi connectivity index (χ3v) is 4.40. The molecule has 1 aromatic heterocycles. The molecule has 0 bridgehead atoms. The Labute approximate surface area is 166 Å². The maximum absolute atomic E-state index is 12.3. The molecule has 0 aliphatic heterocycles. The van der Waals surface area contributed by atoms with Gasteiger partial charge in [0.25, 0.3) is 5.91 Å². The second kappa shape index (κ2) is 8.49. The number of carbonyl (C=O) groups excluding carboxylic acids is 2. The molecule has 0 radical (unpaired) electrons. The molecule has 0 aliphatic carbocycles. The first-order valence-electron chi connectivity index (χ1n) is 8.33. The predicted molar refractivity (Wildman–Crippen MR) is 107 cm³/mol. The van der Waals surface area contributed by atoms with Gasteiger partial charge in [0, 0.05) is 16.4 Å². The van der Waals surface area contributed by atoms with Gasteiger partial charge in [-0.1, -0.05) is 17.7 Å². The van der Waals surface area contributed by atoms with E-state index in [1.807, 2.05) is 19.1 Å². The number of anilines is 3. The molecule has 0 unspecified atom stereocenters. The highest BCUT2D eigenvalue weighted by Crippen LogP contribution is 2.25. The number of methoxy groups -OCH3 is 1. The highest BCUT2D eigenvalue weighted by atomic mass is 35.5. The second-order valence-electron chi connectivity index (χ2n) is 5.86. The van der Waals surface area contributed by atoms with E-state index in [1.54, 1.807) is 42.5 Å². The van der Waals surface area contributed by atoms with Crippen molar-refractivity contribution in [1.29, 1.82) is 0 Å². The van der Waals surface area contributed by atoms with Crippen molar-refractivity contribution in [1.82, 2.24) is 10.2 Å². The number of amides is 1. The summed E-state index contributed by atoms with van der Waals surface area (Å²) in [7, 11) is 1.31.